The van der Waals surface area contributed by atoms with Crippen molar-refractivity contribution in [1.82, 2.24) is 0 Å². The maximum atomic E-state index is 12.6. The first-order chi connectivity index (χ1) is 24.6. The number of ether oxygens (including phenoxy) is 3. The van der Waals surface area contributed by atoms with Gasteiger partial charge >= 0.3 is 11.9 Å². The Morgan fingerprint density at radius 2 is 1.12 bits per heavy atom. The average Bonchev–Trinajstić information content (AvgIpc) is 3.08. The summed E-state index contributed by atoms with van der Waals surface area (Å²) in [6, 6.07) is -0.743. The molecule has 0 spiro atoms. The molecule has 8 heteroatoms. The Labute approximate surface area is 310 Å². The fourth-order valence-corrected chi connectivity index (χ4v) is 4.80. The van der Waals surface area contributed by atoms with Crippen molar-refractivity contribution in [2.75, 3.05) is 41.0 Å². The molecule has 2 unspecified atom stereocenters. The van der Waals surface area contributed by atoms with Gasteiger partial charge < -0.3 is 28.6 Å². The van der Waals surface area contributed by atoms with Crippen LogP contribution in [0.3, 0.4) is 0 Å². The van der Waals surface area contributed by atoms with E-state index in [0.717, 1.165) is 57.8 Å². The van der Waals surface area contributed by atoms with Gasteiger partial charge in [0.15, 0.2) is 6.10 Å². The number of carbonyl (C=O) groups excluding carboxylic acids is 3. The molecule has 0 aromatic carbocycles. The van der Waals surface area contributed by atoms with E-state index in [1.807, 2.05) is 6.08 Å². The SMILES string of the molecule is CC/C=C/C/C=C/C/C=C/C/C=C/C/C=C/C/C=C/CCCC(=O)OC(COCCC(C(=O)[O-])[N+](C)(C)C)COC(=O)CC/C=C/CCCCC. The number of carboxylic acid groups (broad SMARTS) is 1. The summed E-state index contributed by atoms with van der Waals surface area (Å²) in [5, 5.41) is 11.6. The van der Waals surface area contributed by atoms with Gasteiger partial charge in [-0.05, 0) is 70.6 Å². The molecule has 0 aromatic heterocycles. The second-order valence-corrected chi connectivity index (χ2v) is 13.4. The lowest BCUT2D eigenvalue weighted by molar-refractivity contribution is -0.889. The minimum Gasteiger partial charge on any atom is -0.544 e. The number of esters is 2. The highest BCUT2D eigenvalue weighted by Gasteiger charge is 2.25. The van der Waals surface area contributed by atoms with Crippen LogP contribution in [-0.2, 0) is 28.6 Å². The Kier molecular flexibility index (Phi) is 31.3. The predicted octanol–water partition coefficient (Wildman–Crippen LogP) is 8.46. The molecule has 0 heterocycles. The molecule has 8 nitrogen and oxygen atoms in total. The van der Waals surface area contributed by atoms with Crippen molar-refractivity contribution in [3.8, 4) is 0 Å². The Morgan fingerprint density at radius 1 is 0.608 bits per heavy atom. The summed E-state index contributed by atoms with van der Waals surface area (Å²) in [6.45, 7) is 4.34. The zero-order valence-corrected chi connectivity index (χ0v) is 32.5. The van der Waals surface area contributed by atoms with Crippen LogP contribution in [-0.4, -0.2) is 75.5 Å². The molecule has 0 aliphatic rings. The third kappa shape index (κ3) is 32.2. The van der Waals surface area contributed by atoms with Crippen LogP contribution in [0.2, 0.25) is 0 Å². The van der Waals surface area contributed by atoms with Crippen molar-refractivity contribution in [2.45, 2.75) is 129 Å². The first kappa shape index (κ1) is 47.5. The summed E-state index contributed by atoms with van der Waals surface area (Å²) in [5.74, 6) is -1.90. The number of aliphatic carboxylic acids is 1. The number of allylic oxidation sites excluding steroid dienone is 14. The highest BCUT2D eigenvalue weighted by atomic mass is 16.6. The Morgan fingerprint density at radius 3 is 1.65 bits per heavy atom. The van der Waals surface area contributed by atoms with E-state index in [4.69, 9.17) is 14.2 Å². The number of unbranched alkanes of at least 4 members (excludes halogenated alkanes) is 4. The molecule has 0 bridgehead atoms. The first-order valence-corrected chi connectivity index (χ1v) is 19.1. The molecule has 0 saturated heterocycles. The van der Waals surface area contributed by atoms with E-state index in [0.29, 0.717) is 12.8 Å². The van der Waals surface area contributed by atoms with Crippen molar-refractivity contribution in [2.24, 2.45) is 0 Å². The van der Waals surface area contributed by atoms with Crippen LogP contribution in [0, 0.1) is 0 Å². The third-order valence-corrected chi connectivity index (χ3v) is 7.78. The molecular formula is C43H69NO7. The third-order valence-electron chi connectivity index (χ3n) is 7.78. The lowest BCUT2D eigenvalue weighted by Crippen LogP contribution is -2.55. The fraction of sp³-hybridized carbons (Fsp3) is 0.605. The second kappa shape index (κ2) is 33.6. The Bertz CT molecular complexity index is 1110. The van der Waals surface area contributed by atoms with Crippen molar-refractivity contribution in [3.05, 3.63) is 85.1 Å². The molecule has 0 radical (unpaired) electrons. The maximum absolute atomic E-state index is 12.6. The van der Waals surface area contributed by atoms with Crippen molar-refractivity contribution < 1.29 is 38.2 Å². The number of likely N-dealkylation sites (N-methyl/N-ethyl adjacent to an activating group) is 1. The van der Waals surface area contributed by atoms with Crippen LogP contribution in [0.25, 0.3) is 0 Å². The quantitative estimate of drug-likeness (QED) is 0.0299. The van der Waals surface area contributed by atoms with Gasteiger partial charge in [-0.25, -0.2) is 0 Å². The highest BCUT2D eigenvalue weighted by Crippen LogP contribution is 2.10. The van der Waals surface area contributed by atoms with Crippen LogP contribution in [0.5, 0.6) is 0 Å². The lowest BCUT2D eigenvalue weighted by atomic mass is 10.1. The molecule has 2 atom stereocenters. The number of nitrogens with zero attached hydrogens (tertiary/aromatic N) is 1. The summed E-state index contributed by atoms with van der Waals surface area (Å²) in [5.41, 5.74) is 0. The van der Waals surface area contributed by atoms with Crippen LogP contribution in [0.4, 0.5) is 0 Å². The van der Waals surface area contributed by atoms with E-state index < -0.39 is 18.1 Å². The van der Waals surface area contributed by atoms with Gasteiger partial charge in [0, 0.05) is 19.3 Å². The number of hydrogen-bond acceptors (Lipinski definition) is 7. The minimum absolute atomic E-state index is 0.000409. The van der Waals surface area contributed by atoms with Crippen molar-refractivity contribution in [1.29, 1.82) is 0 Å². The predicted molar refractivity (Wildman–Crippen MR) is 208 cm³/mol. The van der Waals surface area contributed by atoms with Gasteiger partial charge in [-0.15, -0.1) is 0 Å². The zero-order valence-electron chi connectivity index (χ0n) is 32.5. The largest absolute Gasteiger partial charge is 0.544 e. The molecule has 0 rings (SSSR count). The van der Waals surface area contributed by atoms with Crippen LogP contribution in [0.15, 0.2) is 85.1 Å². The lowest BCUT2D eigenvalue weighted by Gasteiger charge is -2.34. The van der Waals surface area contributed by atoms with Gasteiger partial charge in [0.05, 0.1) is 40.3 Å². The van der Waals surface area contributed by atoms with E-state index in [1.54, 1.807) is 21.1 Å². The Balaban J connectivity index is 4.50. The molecule has 0 amide bonds. The zero-order chi connectivity index (χ0) is 37.8. The van der Waals surface area contributed by atoms with Crippen LogP contribution in [0.1, 0.15) is 117 Å². The van der Waals surface area contributed by atoms with E-state index >= 15 is 0 Å². The number of rotatable bonds is 32. The molecule has 0 N–H and O–H groups in total. The van der Waals surface area contributed by atoms with Gasteiger partial charge in [-0.3, -0.25) is 9.59 Å². The topological polar surface area (TPSA) is 102 Å². The fourth-order valence-electron chi connectivity index (χ4n) is 4.80. The second-order valence-electron chi connectivity index (χ2n) is 13.4. The molecule has 288 valence electrons. The summed E-state index contributed by atoms with van der Waals surface area (Å²) < 4.78 is 16.9. The smallest absolute Gasteiger partial charge is 0.306 e. The van der Waals surface area contributed by atoms with Crippen LogP contribution >= 0.6 is 0 Å². The minimum atomic E-state index is -1.14. The van der Waals surface area contributed by atoms with E-state index in [9.17, 15) is 19.5 Å². The van der Waals surface area contributed by atoms with E-state index in [1.165, 1.54) is 12.8 Å². The summed E-state index contributed by atoms with van der Waals surface area (Å²) in [7, 11) is 5.35. The monoisotopic (exact) mass is 712 g/mol. The molecule has 0 aliphatic carbocycles. The van der Waals surface area contributed by atoms with E-state index in [2.05, 4.69) is 92.8 Å². The highest BCUT2D eigenvalue weighted by molar-refractivity contribution is 5.70. The molecular weight excluding hydrogens is 642 g/mol. The molecule has 0 aromatic rings. The van der Waals surface area contributed by atoms with Crippen LogP contribution < -0.4 is 5.11 Å². The summed E-state index contributed by atoms with van der Waals surface area (Å²) in [6.07, 6.45) is 42.2. The van der Waals surface area contributed by atoms with Gasteiger partial charge in [0.25, 0.3) is 0 Å². The number of carboxylic acids is 1. The normalized spacial score (nSPS) is 14.0. The van der Waals surface area contributed by atoms with Gasteiger partial charge in [-0.2, -0.15) is 0 Å². The average molecular weight is 712 g/mol. The summed E-state index contributed by atoms with van der Waals surface area (Å²) >= 11 is 0. The summed E-state index contributed by atoms with van der Waals surface area (Å²) in [4.78, 5) is 36.5. The maximum Gasteiger partial charge on any atom is 0.306 e. The molecule has 0 saturated carbocycles. The van der Waals surface area contributed by atoms with E-state index in [-0.39, 0.29) is 55.5 Å². The molecule has 51 heavy (non-hydrogen) atoms. The van der Waals surface area contributed by atoms with Crippen molar-refractivity contribution >= 4 is 17.9 Å². The molecule has 0 aliphatic heterocycles. The molecule has 0 fully saturated rings. The Hall–Kier alpha value is -3.49. The van der Waals surface area contributed by atoms with Gasteiger partial charge in [0.2, 0.25) is 0 Å². The number of carbonyl (C=O) groups is 3. The number of quaternary nitrogens is 1. The first-order valence-electron chi connectivity index (χ1n) is 19.1. The van der Waals surface area contributed by atoms with Gasteiger partial charge in [0.1, 0.15) is 12.6 Å². The standard InChI is InChI=1S/C43H69NO7/c1-6-8-10-12-14-15-16-17-18-19-20-21-22-23-24-25-26-28-30-32-34-42(46)51-39(37-49-36-35-40(43(47)48)44(3,4)5)38-50-41(45)33-31-29-27-13-11-9-7-2/h8,10,14-15,17-18,20-21,23-24,26-29,39-40H,6-7,9,11-13,16,19,22,25,30-38H2,1-5H3/b10-8+,15-14+,18-17+,21-20+,24-23+,28-26+,29-27+. The number of hydrogen-bond donors (Lipinski definition) is 0. The van der Waals surface area contributed by atoms with Crippen molar-refractivity contribution in [3.63, 3.8) is 0 Å². The van der Waals surface area contributed by atoms with Gasteiger partial charge in [-0.1, -0.05) is 112 Å².